The molecule has 1 aliphatic rings. The van der Waals surface area contributed by atoms with Crippen LogP contribution in [0.4, 0.5) is 5.69 Å². The lowest BCUT2D eigenvalue weighted by Crippen LogP contribution is -2.35. The molecule has 132 valence electrons. The maximum Gasteiger partial charge on any atom is 0.251 e. The fourth-order valence-corrected chi connectivity index (χ4v) is 2.53. The summed E-state index contributed by atoms with van der Waals surface area (Å²) in [6.45, 7) is 4.28. The summed E-state index contributed by atoms with van der Waals surface area (Å²) in [6, 6.07) is 7.18. The van der Waals surface area contributed by atoms with Gasteiger partial charge < -0.3 is 20.7 Å². The van der Waals surface area contributed by atoms with E-state index in [-0.39, 0.29) is 24.5 Å². The van der Waals surface area contributed by atoms with E-state index in [1.807, 2.05) is 6.07 Å². The second-order valence-corrected chi connectivity index (χ2v) is 5.98. The predicted molar refractivity (Wildman–Crippen MR) is 94.2 cm³/mol. The van der Waals surface area contributed by atoms with Crippen LogP contribution in [0.5, 0.6) is 0 Å². The van der Waals surface area contributed by atoms with E-state index in [1.165, 1.54) is 0 Å². The highest BCUT2D eigenvalue weighted by molar-refractivity contribution is 5.95. The molecule has 1 unspecified atom stereocenters. The van der Waals surface area contributed by atoms with Gasteiger partial charge in [-0.25, -0.2) is 0 Å². The summed E-state index contributed by atoms with van der Waals surface area (Å²) in [7, 11) is 0. The van der Waals surface area contributed by atoms with Crippen LogP contribution < -0.4 is 16.0 Å². The van der Waals surface area contributed by atoms with E-state index in [4.69, 9.17) is 4.74 Å². The molecule has 1 aromatic rings. The summed E-state index contributed by atoms with van der Waals surface area (Å²) >= 11 is 0. The molecular formula is C18H27N3O3. The predicted octanol–water partition coefficient (Wildman–Crippen LogP) is 1.92. The normalized spacial score (nSPS) is 16.6. The molecule has 2 amide bonds. The molecule has 1 aliphatic heterocycles. The zero-order chi connectivity index (χ0) is 17.2. The minimum absolute atomic E-state index is 0.0803. The quantitative estimate of drug-likeness (QED) is 0.603. The van der Waals surface area contributed by atoms with Gasteiger partial charge in [0.2, 0.25) is 5.91 Å². The minimum Gasteiger partial charge on any atom is -0.376 e. The molecule has 0 saturated carbocycles. The molecule has 1 saturated heterocycles. The van der Waals surface area contributed by atoms with Gasteiger partial charge in [0.15, 0.2) is 0 Å². The summed E-state index contributed by atoms with van der Waals surface area (Å²) in [4.78, 5) is 23.9. The van der Waals surface area contributed by atoms with E-state index in [0.29, 0.717) is 18.7 Å². The van der Waals surface area contributed by atoms with Gasteiger partial charge in [-0.1, -0.05) is 19.4 Å². The second-order valence-electron chi connectivity index (χ2n) is 5.98. The van der Waals surface area contributed by atoms with Gasteiger partial charge in [0.25, 0.3) is 5.91 Å². The van der Waals surface area contributed by atoms with Crippen molar-refractivity contribution in [3.8, 4) is 0 Å². The Hall–Kier alpha value is -2.08. The number of carbonyl (C=O) groups is 2. The van der Waals surface area contributed by atoms with Crippen LogP contribution in [0.15, 0.2) is 24.3 Å². The average molecular weight is 333 g/mol. The molecule has 0 aliphatic carbocycles. The standard InChI is InChI=1S/C18H27N3O3/c1-2-3-9-19-18(23)14-6-4-7-15(11-14)20-13-17(22)21-12-16-8-5-10-24-16/h4,6-7,11,16,20H,2-3,5,8-10,12-13H2,1H3,(H,19,23)(H,21,22). The number of benzene rings is 1. The van der Waals surface area contributed by atoms with Crippen molar-refractivity contribution in [3.05, 3.63) is 29.8 Å². The Morgan fingerprint density at radius 1 is 1.29 bits per heavy atom. The first-order valence-electron chi connectivity index (χ1n) is 8.69. The van der Waals surface area contributed by atoms with Gasteiger partial charge in [0, 0.05) is 30.9 Å². The third-order valence-electron chi connectivity index (χ3n) is 3.94. The van der Waals surface area contributed by atoms with Crippen LogP contribution in [-0.4, -0.2) is 44.2 Å². The van der Waals surface area contributed by atoms with Gasteiger partial charge in [-0.15, -0.1) is 0 Å². The topological polar surface area (TPSA) is 79.5 Å². The zero-order valence-corrected chi connectivity index (χ0v) is 14.3. The van der Waals surface area contributed by atoms with E-state index >= 15 is 0 Å². The molecule has 0 bridgehead atoms. The highest BCUT2D eigenvalue weighted by atomic mass is 16.5. The van der Waals surface area contributed by atoms with Gasteiger partial charge in [-0.05, 0) is 37.5 Å². The third-order valence-corrected chi connectivity index (χ3v) is 3.94. The monoisotopic (exact) mass is 333 g/mol. The Kier molecular flexibility index (Phi) is 7.55. The summed E-state index contributed by atoms with van der Waals surface area (Å²) in [6.07, 6.45) is 4.22. The van der Waals surface area contributed by atoms with Crippen LogP contribution >= 0.6 is 0 Å². The molecule has 6 heteroatoms. The lowest BCUT2D eigenvalue weighted by Gasteiger charge is -2.12. The molecule has 1 aromatic carbocycles. The molecular weight excluding hydrogens is 306 g/mol. The minimum atomic E-state index is -0.0880. The fraction of sp³-hybridized carbons (Fsp3) is 0.556. The number of ether oxygens (including phenoxy) is 1. The van der Waals surface area contributed by atoms with Crippen LogP contribution in [0.2, 0.25) is 0 Å². The van der Waals surface area contributed by atoms with Crippen molar-refractivity contribution in [2.24, 2.45) is 0 Å². The zero-order valence-electron chi connectivity index (χ0n) is 14.3. The van der Waals surface area contributed by atoms with Crippen LogP contribution in [0.25, 0.3) is 0 Å². The Morgan fingerprint density at radius 2 is 2.17 bits per heavy atom. The first-order chi connectivity index (χ1) is 11.7. The van der Waals surface area contributed by atoms with Crippen molar-refractivity contribution in [3.63, 3.8) is 0 Å². The highest BCUT2D eigenvalue weighted by Gasteiger charge is 2.16. The van der Waals surface area contributed by atoms with Gasteiger partial charge in [0.05, 0.1) is 12.6 Å². The Labute approximate surface area is 143 Å². The Balaban J connectivity index is 1.74. The van der Waals surface area contributed by atoms with Gasteiger partial charge in [-0.2, -0.15) is 0 Å². The molecule has 0 radical (unpaired) electrons. The number of carbonyl (C=O) groups excluding carboxylic acids is 2. The summed E-state index contributed by atoms with van der Waals surface area (Å²) in [5.74, 6) is -0.168. The molecule has 1 heterocycles. The maximum absolute atomic E-state index is 12.0. The molecule has 2 rings (SSSR count). The number of unbranched alkanes of at least 4 members (excludes halogenated alkanes) is 1. The highest BCUT2D eigenvalue weighted by Crippen LogP contribution is 2.11. The first-order valence-corrected chi connectivity index (χ1v) is 8.69. The number of nitrogens with one attached hydrogen (secondary N) is 3. The number of anilines is 1. The van der Waals surface area contributed by atoms with Crippen molar-refractivity contribution >= 4 is 17.5 Å². The van der Waals surface area contributed by atoms with Crippen molar-refractivity contribution in [2.75, 3.05) is 31.6 Å². The average Bonchev–Trinajstić information content (AvgIpc) is 3.12. The van der Waals surface area contributed by atoms with Gasteiger partial charge >= 0.3 is 0 Å². The Morgan fingerprint density at radius 3 is 2.92 bits per heavy atom. The van der Waals surface area contributed by atoms with Crippen molar-refractivity contribution in [2.45, 2.75) is 38.7 Å². The van der Waals surface area contributed by atoms with Crippen LogP contribution in [0.1, 0.15) is 43.0 Å². The van der Waals surface area contributed by atoms with E-state index < -0.39 is 0 Å². The Bertz CT molecular complexity index is 542. The summed E-state index contributed by atoms with van der Waals surface area (Å²) in [5.41, 5.74) is 1.35. The fourth-order valence-electron chi connectivity index (χ4n) is 2.53. The number of hydrogen-bond acceptors (Lipinski definition) is 4. The van der Waals surface area contributed by atoms with E-state index in [1.54, 1.807) is 18.2 Å². The molecule has 1 fully saturated rings. The molecule has 1 atom stereocenters. The van der Waals surface area contributed by atoms with Crippen LogP contribution in [0.3, 0.4) is 0 Å². The van der Waals surface area contributed by atoms with E-state index in [9.17, 15) is 9.59 Å². The number of amides is 2. The van der Waals surface area contributed by atoms with Crippen LogP contribution in [-0.2, 0) is 9.53 Å². The van der Waals surface area contributed by atoms with Crippen molar-refractivity contribution in [1.82, 2.24) is 10.6 Å². The summed E-state index contributed by atoms with van der Waals surface area (Å²) < 4.78 is 5.47. The molecule has 0 aromatic heterocycles. The molecule has 0 spiro atoms. The number of hydrogen-bond donors (Lipinski definition) is 3. The van der Waals surface area contributed by atoms with Gasteiger partial charge in [0.1, 0.15) is 0 Å². The SMILES string of the molecule is CCCCNC(=O)c1cccc(NCC(=O)NCC2CCCO2)c1. The molecule has 24 heavy (non-hydrogen) atoms. The maximum atomic E-state index is 12.0. The van der Waals surface area contributed by atoms with Gasteiger partial charge in [-0.3, -0.25) is 9.59 Å². The lowest BCUT2D eigenvalue weighted by molar-refractivity contribution is -0.119. The second kappa shape index (κ2) is 9.93. The molecule has 3 N–H and O–H groups in total. The van der Waals surface area contributed by atoms with Crippen LogP contribution in [0, 0.1) is 0 Å². The van der Waals surface area contributed by atoms with E-state index in [2.05, 4.69) is 22.9 Å². The van der Waals surface area contributed by atoms with E-state index in [0.717, 1.165) is 38.0 Å². The third kappa shape index (κ3) is 6.20. The first kappa shape index (κ1) is 18.3. The number of rotatable bonds is 9. The van der Waals surface area contributed by atoms with Crippen molar-refractivity contribution in [1.29, 1.82) is 0 Å². The molecule has 6 nitrogen and oxygen atoms in total. The largest absolute Gasteiger partial charge is 0.376 e. The summed E-state index contributed by atoms with van der Waals surface area (Å²) in [5, 5.41) is 8.79. The smallest absolute Gasteiger partial charge is 0.251 e. The van der Waals surface area contributed by atoms with Crippen molar-refractivity contribution < 1.29 is 14.3 Å². The lowest BCUT2D eigenvalue weighted by atomic mass is 10.2.